The first kappa shape index (κ1) is 21.5. The number of thioether (sulfide) groups is 1. The maximum absolute atomic E-state index is 13.1. The van der Waals surface area contributed by atoms with E-state index in [9.17, 15) is 9.59 Å². The Labute approximate surface area is 190 Å². The molecule has 1 heterocycles. The molecule has 1 aromatic heterocycles. The lowest BCUT2D eigenvalue weighted by Gasteiger charge is -2.20. The average Bonchev–Trinajstić information content (AvgIpc) is 3.49. The van der Waals surface area contributed by atoms with E-state index in [4.69, 9.17) is 16.0 Å². The molecule has 7 heteroatoms. The first-order valence-electron chi connectivity index (χ1n) is 10.2. The number of halogens is 1. The molecular weight excluding hydrogens is 432 g/mol. The Morgan fingerprint density at radius 2 is 1.84 bits per heavy atom. The van der Waals surface area contributed by atoms with Crippen molar-refractivity contribution in [1.29, 1.82) is 0 Å². The number of nitrogens with one attached hydrogen (secondary N) is 2. The van der Waals surface area contributed by atoms with E-state index >= 15 is 0 Å². The third-order valence-electron chi connectivity index (χ3n) is 5.14. The molecule has 1 saturated carbocycles. The Balaban J connectivity index is 1.39. The molecule has 31 heavy (non-hydrogen) atoms. The van der Waals surface area contributed by atoms with Crippen LogP contribution in [0.2, 0.25) is 5.02 Å². The lowest BCUT2D eigenvalue weighted by atomic mass is 10.0. The lowest BCUT2D eigenvalue weighted by molar-refractivity contribution is -0.118. The van der Waals surface area contributed by atoms with Crippen LogP contribution in [0.25, 0.3) is 0 Å². The summed E-state index contributed by atoms with van der Waals surface area (Å²) in [7, 11) is 0. The highest BCUT2D eigenvalue weighted by Crippen LogP contribution is 2.41. The molecule has 1 atom stereocenters. The molecule has 5 nitrogen and oxygen atoms in total. The predicted octanol–water partition coefficient (Wildman–Crippen LogP) is 5.22. The van der Waals surface area contributed by atoms with Crippen LogP contribution in [0.5, 0.6) is 0 Å². The molecule has 2 N–H and O–H groups in total. The third kappa shape index (κ3) is 5.93. The van der Waals surface area contributed by atoms with Gasteiger partial charge in [0, 0.05) is 9.92 Å². The van der Waals surface area contributed by atoms with Gasteiger partial charge in [-0.1, -0.05) is 35.9 Å². The van der Waals surface area contributed by atoms with Gasteiger partial charge in [0.1, 0.15) is 5.76 Å². The molecule has 2 aromatic carbocycles. The molecule has 2 amide bonds. The molecule has 0 radical (unpaired) electrons. The second-order valence-electron chi connectivity index (χ2n) is 7.48. The summed E-state index contributed by atoms with van der Waals surface area (Å²) >= 11 is 7.37. The normalized spacial score (nSPS) is 14.1. The maximum atomic E-state index is 13.1. The van der Waals surface area contributed by atoms with Gasteiger partial charge in [-0.05, 0) is 60.7 Å². The molecule has 4 rings (SSSR count). The van der Waals surface area contributed by atoms with E-state index in [0.29, 0.717) is 28.8 Å². The summed E-state index contributed by atoms with van der Waals surface area (Å²) in [6, 6.07) is 18.6. The van der Waals surface area contributed by atoms with Crippen molar-refractivity contribution >= 4 is 35.2 Å². The zero-order valence-electron chi connectivity index (χ0n) is 16.8. The number of carbonyl (C=O) groups is 2. The molecular formula is C24H23ClN2O3S. The van der Waals surface area contributed by atoms with E-state index < -0.39 is 0 Å². The Kier molecular flexibility index (Phi) is 6.99. The van der Waals surface area contributed by atoms with Gasteiger partial charge in [-0.3, -0.25) is 9.59 Å². The number of carbonyl (C=O) groups excluding carboxylic acids is 2. The van der Waals surface area contributed by atoms with E-state index in [-0.39, 0.29) is 23.6 Å². The van der Waals surface area contributed by atoms with Crippen molar-refractivity contribution in [2.24, 2.45) is 5.92 Å². The van der Waals surface area contributed by atoms with E-state index in [1.807, 2.05) is 48.5 Å². The first-order valence-corrected chi connectivity index (χ1v) is 11.5. The highest BCUT2D eigenvalue weighted by Gasteiger charge is 2.33. The van der Waals surface area contributed by atoms with Crippen LogP contribution in [-0.4, -0.2) is 17.6 Å². The molecule has 0 spiro atoms. The van der Waals surface area contributed by atoms with Gasteiger partial charge in [0.25, 0.3) is 5.91 Å². The van der Waals surface area contributed by atoms with Gasteiger partial charge < -0.3 is 15.1 Å². The summed E-state index contributed by atoms with van der Waals surface area (Å²) in [6.45, 7) is 0.346. The third-order valence-corrected chi connectivity index (χ3v) is 6.46. The summed E-state index contributed by atoms with van der Waals surface area (Å²) in [5, 5.41) is 6.69. The van der Waals surface area contributed by atoms with Crippen LogP contribution in [0.3, 0.4) is 0 Å². The summed E-state index contributed by atoms with van der Waals surface area (Å²) in [5.74, 6) is 1.11. The fourth-order valence-corrected chi connectivity index (χ4v) is 4.37. The van der Waals surface area contributed by atoms with Crippen LogP contribution < -0.4 is 10.6 Å². The Morgan fingerprint density at radius 3 is 2.55 bits per heavy atom. The highest BCUT2D eigenvalue weighted by molar-refractivity contribution is 8.00. The van der Waals surface area contributed by atoms with E-state index in [1.165, 1.54) is 11.8 Å². The molecule has 1 unspecified atom stereocenters. The minimum atomic E-state index is -0.133. The maximum Gasteiger partial charge on any atom is 0.252 e. The van der Waals surface area contributed by atoms with Crippen LogP contribution in [-0.2, 0) is 11.3 Å². The molecule has 0 bridgehead atoms. The Morgan fingerprint density at radius 1 is 1.06 bits per heavy atom. The second-order valence-corrected chi connectivity index (χ2v) is 8.93. The SMILES string of the molecule is O=C(CSc1ccccc1C(=O)NC(c1ccc(Cl)cc1)C1CC1)NCc1ccco1. The fourth-order valence-electron chi connectivity index (χ4n) is 3.37. The van der Waals surface area contributed by atoms with Gasteiger partial charge in [0.2, 0.25) is 5.91 Å². The zero-order chi connectivity index (χ0) is 21.6. The van der Waals surface area contributed by atoms with Crippen molar-refractivity contribution in [2.75, 3.05) is 5.75 Å². The standard InChI is InChI=1S/C24H23ClN2O3S/c25-18-11-9-17(10-12-18)23(16-7-8-16)27-24(29)20-5-1-2-6-21(20)31-15-22(28)26-14-19-4-3-13-30-19/h1-6,9-13,16,23H,7-8,14-15H2,(H,26,28)(H,27,29). The fraction of sp³-hybridized carbons (Fsp3) is 0.250. The second kappa shape index (κ2) is 10.1. The van der Waals surface area contributed by atoms with E-state index in [2.05, 4.69) is 10.6 Å². The van der Waals surface area contributed by atoms with E-state index in [0.717, 1.165) is 23.3 Å². The molecule has 1 aliphatic carbocycles. The summed E-state index contributed by atoms with van der Waals surface area (Å²) in [4.78, 5) is 26.1. The van der Waals surface area contributed by atoms with Gasteiger partial charge in [0.05, 0.1) is 30.2 Å². The number of furan rings is 1. The Hall–Kier alpha value is -2.70. The molecule has 1 fully saturated rings. The largest absolute Gasteiger partial charge is 0.467 e. The predicted molar refractivity (Wildman–Crippen MR) is 122 cm³/mol. The van der Waals surface area contributed by atoms with Crippen molar-refractivity contribution in [3.8, 4) is 0 Å². The smallest absolute Gasteiger partial charge is 0.252 e. The van der Waals surface area contributed by atoms with Crippen LogP contribution >= 0.6 is 23.4 Å². The van der Waals surface area contributed by atoms with Gasteiger partial charge in [0.15, 0.2) is 0 Å². The zero-order valence-corrected chi connectivity index (χ0v) is 18.4. The van der Waals surface area contributed by atoms with Crippen LogP contribution in [0, 0.1) is 5.92 Å². The minimum Gasteiger partial charge on any atom is -0.467 e. The number of benzene rings is 2. The first-order chi connectivity index (χ1) is 15.1. The Bertz CT molecular complexity index is 1030. The van der Waals surface area contributed by atoms with Gasteiger partial charge in [-0.25, -0.2) is 0 Å². The molecule has 160 valence electrons. The van der Waals surface area contributed by atoms with Crippen molar-refractivity contribution in [1.82, 2.24) is 10.6 Å². The van der Waals surface area contributed by atoms with Crippen LogP contribution in [0.4, 0.5) is 0 Å². The van der Waals surface area contributed by atoms with Gasteiger partial charge in [-0.15, -0.1) is 11.8 Å². The monoisotopic (exact) mass is 454 g/mol. The molecule has 1 aliphatic rings. The van der Waals surface area contributed by atoms with Crippen LogP contribution in [0.1, 0.15) is 40.6 Å². The van der Waals surface area contributed by atoms with Crippen molar-refractivity contribution in [2.45, 2.75) is 30.3 Å². The summed E-state index contributed by atoms with van der Waals surface area (Å²) in [5.41, 5.74) is 1.63. The minimum absolute atomic E-state index is 0.0422. The quantitative estimate of drug-likeness (QED) is 0.435. The van der Waals surface area contributed by atoms with Crippen molar-refractivity contribution in [3.63, 3.8) is 0 Å². The topological polar surface area (TPSA) is 71.3 Å². The average molecular weight is 455 g/mol. The van der Waals surface area contributed by atoms with E-state index in [1.54, 1.807) is 18.4 Å². The summed E-state index contributed by atoms with van der Waals surface area (Å²) < 4.78 is 5.22. The molecule has 0 aliphatic heterocycles. The summed E-state index contributed by atoms with van der Waals surface area (Å²) in [6.07, 6.45) is 3.77. The lowest BCUT2D eigenvalue weighted by Crippen LogP contribution is -2.30. The number of hydrogen-bond acceptors (Lipinski definition) is 4. The molecule has 0 saturated heterocycles. The van der Waals surface area contributed by atoms with Crippen LogP contribution in [0.15, 0.2) is 76.2 Å². The van der Waals surface area contributed by atoms with Crippen molar-refractivity contribution in [3.05, 3.63) is 88.8 Å². The number of hydrogen-bond donors (Lipinski definition) is 2. The van der Waals surface area contributed by atoms with Gasteiger partial charge in [-0.2, -0.15) is 0 Å². The van der Waals surface area contributed by atoms with Gasteiger partial charge >= 0.3 is 0 Å². The number of amides is 2. The molecule has 3 aromatic rings. The van der Waals surface area contributed by atoms with Crippen molar-refractivity contribution < 1.29 is 14.0 Å². The highest BCUT2D eigenvalue weighted by atomic mass is 35.5. The number of rotatable bonds is 9.